The van der Waals surface area contributed by atoms with Gasteiger partial charge in [-0.1, -0.05) is 0 Å². The molecule has 0 aromatic heterocycles. The highest BCUT2D eigenvalue weighted by molar-refractivity contribution is 5.53. The zero-order valence-electron chi connectivity index (χ0n) is 13.8. The van der Waals surface area contributed by atoms with Gasteiger partial charge in [-0.3, -0.25) is 0 Å². The number of hydrogen-bond donors (Lipinski definition) is 0. The van der Waals surface area contributed by atoms with E-state index in [1.165, 1.54) is 0 Å². The van der Waals surface area contributed by atoms with Gasteiger partial charge in [-0.25, -0.2) is 0 Å². The minimum Gasteiger partial charge on any atom is -0.497 e. The maximum Gasteiger partial charge on any atom is 0.164 e. The second-order valence-electron chi connectivity index (χ2n) is 6.05. The van der Waals surface area contributed by atoms with E-state index in [9.17, 15) is 4.79 Å². The van der Waals surface area contributed by atoms with E-state index in [0.29, 0.717) is 6.42 Å². The Morgan fingerprint density at radius 2 is 2.00 bits per heavy atom. The number of hydrogen-bond acceptors (Lipinski definition) is 5. The number of carbonyl (C=O) groups excluding carboxylic acids is 1. The topological polar surface area (TPSA) is 54.0 Å². The van der Waals surface area contributed by atoms with Gasteiger partial charge in [0.05, 0.1) is 20.3 Å². The van der Waals surface area contributed by atoms with Crippen LogP contribution in [0.3, 0.4) is 0 Å². The van der Waals surface area contributed by atoms with Crippen LogP contribution in [-0.4, -0.2) is 38.0 Å². The summed E-state index contributed by atoms with van der Waals surface area (Å²) in [5.74, 6) is 0.767. The highest BCUT2D eigenvalue weighted by Crippen LogP contribution is 2.42. The van der Waals surface area contributed by atoms with Crippen molar-refractivity contribution in [1.29, 1.82) is 0 Å². The van der Waals surface area contributed by atoms with Gasteiger partial charge in [0.1, 0.15) is 23.4 Å². The number of carbonyl (C=O) groups is 1. The number of benzene rings is 1. The molecule has 1 aromatic rings. The Morgan fingerprint density at radius 1 is 1.27 bits per heavy atom. The molecule has 1 aliphatic heterocycles. The summed E-state index contributed by atoms with van der Waals surface area (Å²) in [5, 5.41) is 0. The van der Waals surface area contributed by atoms with Gasteiger partial charge in [-0.05, 0) is 39.0 Å². The minimum absolute atomic E-state index is 0.205. The molecule has 1 heterocycles. The Bertz CT molecular complexity index is 540. The van der Waals surface area contributed by atoms with Crippen LogP contribution in [0.5, 0.6) is 11.5 Å². The molecule has 0 radical (unpaired) electrons. The summed E-state index contributed by atoms with van der Waals surface area (Å²) in [7, 11) is 3.24. The summed E-state index contributed by atoms with van der Waals surface area (Å²) in [4.78, 5) is 11.2. The summed E-state index contributed by atoms with van der Waals surface area (Å²) in [6.07, 6.45) is 1.45. The third-order valence-corrected chi connectivity index (χ3v) is 4.06. The van der Waals surface area contributed by atoms with Gasteiger partial charge in [0.2, 0.25) is 0 Å². The Balaban J connectivity index is 2.38. The molecule has 2 atom stereocenters. The Labute approximate surface area is 131 Å². The summed E-state index contributed by atoms with van der Waals surface area (Å²) in [5.41, 5.74) is 0.224. The van der Waals surface area contributed by atoms with E-state index in [2.05, 4.69) is 0 Å². The Morgan fingerprint density at radius 3 is 2.50 bits per heavy atom. The molecule has 5 heteroatoms. The largest absolute Gasteiger partial charge is 0.497 e. The molecule has 0 N–H and O–H groups in total. The molecule has 0 saturated carbocycles. The summed E-state index contributed by atoms with van der Waals surface area (Å²) in [6.45, 7) is 5.66. The standard InChI is InChI=1S/C17H24O5/c1-12-17(8-9-18,22-16(2,3)21-12)11-13-10-14(19-4)6-7-15(13)20-5/h6-7,9-10,12H,8,11H2,1-5H3/t12-,17+/m0/s1. The first-order valence-corrected chi connectivity index (χ1v) is 7.38. The number of rotatable bonds is 6. The van der Waals surface area contributed by atoms with Gasteiger partial charge in [0.25, 0.3) is 0 Å². The first-order chi connectivity index (χ1) is 10.4. The first-order valence-electron chi connectivity index (χ1n) is 7.38. The lowest BCUT2D eigenvalue weighted by Crippen LogP contribution is -2.41. The monoisotopic (exact) mass is 308 g/mol. The van der Waals surface area contributed by atoms with Crippen LogP contribution in [0.4, 0.5) is 0 Å². The average molecular weight is 308 g/mol. The fraction of sp³-hybridized carbons (Fsp3) is 0.588. The average Bonchev–Trinajstić information content (AvgIpc) is 2.68. The zero-order chi connectivity index (χ0) is 16.4. The fourth-order valence-corrected chi connectivity index (χ4v) is 3.07. The molecule has 5 nitrogen and oxygen atoms in total. The van der Waals surface area contributed by atoms with Crippen LogP contribution in [0.2, 0.25) is 0 Å². The van der Waals surface area contributed by atoms with E-state index in [1.807, 2.05) is 39.0 Å². The smallest absolute Gasteiger partial charge is 0.164 e. The lowest BCUT2D eigenvalue weighted by molar-refractivity contribution is -0.164. The molecule has 122 valence electrons. The van der Waals surface area contributed by atoms with Crippen LogP contribution in [0, 0.1) is 0 Å². The lowest BCUT2D eigenvalue weighted by atomic mass is 9.86. The highest BCUT2D eigenvalue weighted by Gasteiger charge is 2.51. The van der Waals surface area contributed by atoms with E-state index in [-0.39, 0.29) is 12.5 Å². The van der Waals surface area contributed by atoms with Crippen molar-refractivity contribution in [1.82, 2.24) is 0 Å². The van der Waals surface area contributed by atoms with Crippen molar-refractivity contribution in [3.63, 3.8) is 0 Å². The number of methoxy groups -OCH3 is 2. The molecular formula is C17H24O5. The predicted octanol–water partition coefficient (Wildman–Crippen LogP) is 2.75. The van der Waals surface area contributed by atoms with Crippen molar-refractivity contribution < 1.29 is 23.7 Å². The molecule has 0 aliphatic carbocycles. The van der Waals surface area contributed by atoms with Crippen molar-refractivity contribution >= 4 is 6.29 Å². The second-order valence-corrected chi connectivity index (χ2v) is 6.05. The van der Waals surface area contributed by atoms with Crippen molar-refractivity contribution in [3.05, 3.63) is 23.8 Å². The molecule has 0 bridgehead atoms. The summed E-state index contributed by atoms with van der Waals surface area (Å²) < 4.78 is 22.7. The molecule has 2 rings (SSSR count). The Hall–Kier alpha value is -1.59. The van der Waals surface area contributed by atoms with E-state index in [1.54, 1.807) is 14.2 Å². The molecule has 1 fully saturated rings. The number of ether oxygens (including phenoxy) is 4. The number of aldehydes is 1. The summed E-state index contributed by atoms with van der Waals surface area (Å²) >= 11 is 0. The molecule has 1 aromatic carbocycles. The molecule has 0 spiro atoms. The van der Waals surface area contributed by atoms with Gasteiger partial charge in [0, 0.05) is 18.4 Å². The molecule has 0 unspecified atom stereocenters. The molecule has 1 saturated heterocycles. The van der Waals surface area contributed by atoms with Crippen molar-refractivity contribution in [2.75, 3.05) is 14.2 Å². The Kier molecular flexibility index (Phi) is 4.78. The highest BCUT2D eigenvalue weighted by atomic mass is 16.8. The van der Waals surface area contributed by atoms with Gasteiger partial charge in [-0.15, -0.1) is 0 Å². The third kappa shape index (κ3) is 3.25. The fourth-order valence-electron chi connectivity index (χ4n) is 3.07. The minimum atomic E-state index is -0.714. The third-order valence-electron chi connectivity index (χ3n) is 4.06. The molecule has 0 amide bonds. The van der Waals surface area contributed by atoms with Crippen molar-refractivity contribution in [3.8, 4) is 11.5 Å². The normalized spacial score (nSPS) is 26.7. The van der Waals surface area contributed by atoms with E-state index in [4.69, 9.17) is 18.9 Å². The lowest BCUT2D eigenvalue weighted by Gasteiger charge is -2.31. The van der Waals surface area contributed by atoms with Crippen LogP contribution in [0.1, 0.15) is 32.8 Å². The van der Waals surface area contributed by atoms with Gasteiger partial charge in [0.15, 0.2) is 5.79 Å². The van der Waals surface area contributed by atoms with Crippen LogP contribution in [0.25, 0.3) is 0 Å². The first kappa shape index (κ1) is 16.8. The van der Waals surface area contributed by atoms with E-state index < -0.39 is 11.4 Å². The zero-order valence-corrected chi connectivity index (χ0v) is 13.8. The maximum absolute atomic E-state index is 11.2. The van der Waals surface area contributed by atoms with Crippen molar-refractivity contribution in [2.24, 2.45) is 0 Å². The SMILES string of the molecule is COc1ccc(OC)c(C[C@@]2(CC=O)OC(C)(C)O[C@H]2C)c1. The molecule has 22 heavy (non-hydrogen) atoms. The van der Waals surface area contributed by atoms with Gasteiger partial charge < -0.3 is 23.7 Å². The van der Waals surface area contributed by atoms with Gasteiger partial charge in [-0.2, -0.15) is 0 Å². The molecule has 1 aliphatic rings. The predicted molar refractivity (Wildman–Crippen MR) is 82.4 cm³/mol. The summed E-state index contributed by atoms with van der Waals surface area (Å²) in [6, 6.07) is 5.61. The van der Waals surface area contributed by atoms with Crippen LogP contribution in [-0.2, 0) is 20.7 Å². The van der Waals surface area contributed by atoms with E-state index >= 15 is 0 Å². The van der Waals surface area contributed by atoms with Gasteiger partial charge >= 0.3 is 0 Å². The van der Waals surface area contributed by atoms with Crippen molar-refractivity contribution in [2.45, 2.75) is 51.1 Å². The maximum atomic E-state index is 11.2. The van der Waals surface area contributed by atoms with Crippen LogP contribution in [0.15, 0.2) is 18.2 Å². The van der Waals surface area contributed by atoms with Crippen LogP contribution >= 0.6 is 0 Å². The van der Waals surface area contributed by atoms with Crippen LogP contribution < -0.4 is 9.47 Å². The molecular weight excluding hydrogens is 284 g/mol. The quantitative estimate of drug-likeness (QED) is 0.756. The van der Waals surface area contributed by atoms with E-state index in [0.717, 1.165) is 23.3 Å². The second kappa shape index (κ2) is 6.26.